The van der Waals surface area contributed by atoms with Crippen LogP contribution in [0.1, 0.15) is 5.56 Å². The Morgan fingerprint density at radius 3 is 2.30 bits per heavy atom. The smallest absolute Gasteiger partial charge is 0.119 e. The van der Waals surface area contributed by atoms with Crippen molar-refractivity contribution in [3.63, 3.8) is 0 Å². The molecule has 2 heteroatoms. The summed E-state index contributed by atoms with van der Waals surface area (Å²) in [6, 6.07) is 17.9. The number of aryl methyl sites for hydroxylation is 1. The zero-order valence-corrected chi connectivity index (χ0v) is 11.6. The minimum absolute atomic E-state index is 0.301. The molecule has 3 aromatic rings. The van der Waals surface area contributed by atoms with Gasteiger partial charge in [0.15, 0.2) is 0 Å². The molecule has 1 N–H and O–H groups in total. The van der Waals surface area contributed by atoms with E-state index in [1.165, 1.54) is 0 Å². The van der Waals surface area contributed by atoms with Crippen molar-refractivity contribution in [2.24, 2.45) is 0 Å². The van der Waals surface area contributed by atoms with E-state index in [1.807, 2.05) is 25.1 Å². The molecule has 0 atom stereocenters. The number of phenolic OH excluding ortho intramolecular Hbond substituents is 1. The Kier molecular flexibility index (Phi) is 3.07. The third-order valence-electron chi connectivity index (χ3n) is 3.44. The van der Waals surface area contributed by atoms with Crippen LogP contribution in [-0.4, -0.2) is 12.2 Å². The summed E-state index contributed by atoms with van der Waals surface area (Å²) >= 11 is 0. The van der Waals surface area contributed by atoms with Crippen LogP contribution in [0.15, 0.2) is 54.6 Å². The SMILES string of the molecule is COc1ccc2cc(-c3cc(C)cc(O)c3)ccc2c1. The standard InChI is InChI=1S/C18H16O2/c1-12-7-16(10-17(19)8-12)14-3-4-15-11-18(20-2)6-5-13(15)9-14/h3-11,19H,1-2H3. The lowest BCUT2D eigenvalue weighted by Crippen LogP contribution is -1.84. The van der Waals surface area contributed by atoms with E-state index in [0.717, 1.165) is 33.2 Å². The molecule has 3 rings (SSSR count). The monoisotopic (exact) mass is 264 g/mol. The molecule has 0 amide bonds. The topological polar surface area (TPSA) is 29.5 Å². The fourth-order valence-corrected chi connectivity index (χ4v) is 2.46. The summed E-state index contributed by atoms with van der Waals surface area (Å²) in [6.45, 7) is 1.98. The van der Waals surface area contributed by atoms with Crippen LogP contribution in [0.4, 0.5) is 0 Å². The van der Waals surface area contributed by atoms with Crippen molar-refractivity contribution in [2.45, 2.75) is 6.92 Å². The molecule has 0 heterocycles. The van der Waals surface area contributed by atoms with Crippen molar-refractivity contribution in [3.05, 3.63) is 60.2 Å². The lowest BCUT2D eigenvalue weighted by atomic mass is 9.99. The second-order valence-corrected chi connectivity index (χ2v) is 4.99. The van der Waals surface area contributed by atoms with Gasteiger partial charge in [-0.2, -0.15) is 0 Å². The van der Waals surface area contributed by atoms with Gasteiger partial charge in [0.2, 0.25) is 0 Å². The first kappa shape index (κ1) is 12.5. The van der Waals surface area contributed by atoms with E-state index < -0.39 is 0 Å². The van der Waals surface area contributed by atoms with Gasteiger partial charge >= 0.3 is 0 Å². The highest BCUT2D eigenvalue weighted by Crippen LogP contribution is 2.29. The van der Waals surface area contributed by atoms with E-state index in [4.69, 9.17) is 4.74 Å². The van der Waals surface area contributed by atoms with Gasteiger partial charge in [-0.3, -0.25) is 0 Å². The fraction of sp³-hybridized carbons (Fsp3) is 0.111. The maximum Gasteiger partial charge on any atom is 0.119 e. The Labute approximate surface area is 118 Å². The van der Waals surface area contributed by atoms with E-state index in [2.05, 4.69) is 24.3 Å². The van der Waals surface area contributed by atoms with Crippen LogP contribution >= 0.6 is 0 Å². The Hall–Kier alpha value is -2.48. The molecule has 0 unspecified atom stereocenters. The molecule has 100 valence electrons. The van der Waals surface area contributed by atoms with Crippen molar-refractivity contribution in [2.75, 3.05) is 7.11 Å². The van der Waals surface area contributed by atoms with Crippen molar-refractivity contribution < 1.29 is 9.84 Å². The van der Waals surface area contributed by atoms with Crippen LogP contribution < -0.4 is 4.74 Å². The summed E-state index contributed by atoms with van der Waals surface area (Å²) < 4.78 is 5.24. The third-order valence-corrected chi connectivity index (χ3v) is 3.44. The average molecular weight is 264 g/mol. The summed E-state index contributed by atoms with van der Waals surface area (Å²) in [5.41, 5.74) is 3.18. The number of rotatable bonds is 2. The molecule has 0 aromatic heterocycles. The quantitative estimate of drug-likeness (QED) is 0.737. The van der Waals surface area contributed by atoms with Crippen molar-refractivity contribution in [1.29, 1.82) is 0 Å². The van der Waals surface area contributed by atoms with Gasteiger partial charge in [-0.1, -0.05) is 24.3 Å². The first-order chi connectivity index (χ1) is 9.65. The lowest BCUT2D eigenvalue weighted by molar-refractivity contribution is 0.415. The maximum absolute atomic E-state index is 9.72. The zero-order valence-electron chi connectivity index (χ0n) is 11.6. The number of hydrogen-bond acceptors (Lipinski definition) is 2. The average Bonchev–Trinajstić information content (AvgIpc) is 2.45. The summed E-state index contributed by atoms with van der Waals surface area (Å²) in [5, 5.41) is 12.0. The van der Waals surface area contributed by atoms with Gasteiger partial charge in [0.25, 0.3) is 0 Å². The van der Waals surface area contributed by atoms with E-state index in [-0.39, 0.29) is 0 Å². The minimum Gasteiger partial charge on any atom is -0.508 e. The van der Waals surface area contributed by atoms with Gasteiger partial charge in [0, 0.05) is 0 Å². The molecular formula is C18H16O2. The summed E-state index contributed by atoms with van der Waals surface area (Å²) in [7, 11) is 1.67. The van der Waals surface area contributed by atoms with Crippen LogP contribution in [0, 0.1) is 6.92 Å². The largest absolute Gasteiger partial charge is 0.508 e. The van der Waals surface area contributed by atoms with Crippen molar-refractivity contribution >= 4 is 10.8 Å². The zero-order chi connectivity index (χ0) is 14.1. The predicted molar refractivity (Wildman–Crippen MR) is 82.3 cm³/mol. The lowest BCUT2D eigenvalue weighted by Gasteiger charge is -2.07. The molecule has 0 fully saturated rings. The number of aromatic hydroxyl groups is 1. The van der Waals surface area contributed by atoms with Crippen LogP contribution in [0.2, 0.25) is 0 Å². The second kappa shape index (κ2) is 4.89. The van der Waals surface area contributed by atoms with Crippen molar-refractivity contribution in [1.82, 2.24) is 0 Å². The van der Waals surface area contributed by atoms with Gasteiger partial charge < -0.3 is 9.84 Å². The summed E-state index contributed by atoms with van der Waals surface area (Å²) in [4.78, 5) is 0. The molecule has 0 aliphatic rings. The minimum atomic E-state index is 0.301. The molecule has 0 radical (unpaired) electrons. The number of benzene rings is 3. The van der Waals surface area contributed by atoms with E-state index in [0.29, 0.717) is 5.75 Å². The highest BCUT2D eigenvalue weighted by molar-refractivity contribution is 5.88. The summed E-state index contributed by atoms with van der Waals surface area (Å²) in [5.74, 6) is 1.16. The Bertz CT molecular complexity index is 755. The van der Waals surface area contributed by atoms with E-state index in [9.17, 15) is 5.11 Å². The fourth-order valence-electron chi connectivity index (χ4n) is 2.46. The first-order valence-electron chi connectivity index (χ1n) is 6.54. The molecule has 0 bridgehead atoms. The third kappa shape index (κ3) is 2.32. The number of hydrogen-bond donors (Lipinski definition) is 1. The van der Waals surface area contributed by atoms with Crippen molar-refractivity contribution in [3.8, 4) is 22.6 Å². The number of methoxy groups -OCH3 is 1. The Balaban J connectivity index is 2.12. The molecule has 20 heavy (non-hydrogen) atoms. The molecule has 0 saturated carbocycles. The molecule has 0 spiro atoms. The number of ether oxygens (including phenoxy) is 1. The van der Waals surface area contributed by atoms with Gasteiger partial charge in [0.1, 0.15) is 11.5 Å². The second-order valence-electron chi connectivity index (χ2n) is 4.99. The molecule has 3 aromatic carbocycles. The molecule has 0 aliphatic heterocycles. The van der Waals surface area contributed by atoms with Gasteiger partial charge in [-0.15, -0.1) is 0 Å². The van der Waals surface area contributed by atoms with Crippen LogP contribution in [0.3, 0.4) is 0 Å². The van der Waals surface area contributed by atoms with E-state index >= 15 is 0 Å². The molecule has 0 saturated heterocycles. The van der Waals surface area contributed by atoms with Gasteiger partial charge in [-0.05, 0) is 64.7 Å². The molecule has 2 nitrogen and oxygen atoms in total. The van der Waals surface area contributed by atoms with Crippen LogP contribution in [0.5, 0.6) is 11.5 Å². The summed E-state index contributed by atoms with van der Waals surface area (Å²) in [6.07, 6.45) is 0. The molecular weight excluding hydrogens is 248 g/mol. The maximum atomic E-state index is 9.72. The van der Waals surface area contributed by atoms with Gasteiger partial charge in [-0.25, -0.2) is 0 Å². The predicted octanol–water partition coefficient (Wildman–Crippen LogP) is 4.53. The Morgan fingerprint density at radius 1 is 0.800 bits per heavy atom. The Morgan fingerprint density at radius 2 is 1.55 bits per heavy atom. The van der Waals surface area contributed by atoms with Gasteiger partial charge in [0.05, 0.1) is 7.11 Å². The number of phenols is 1. The first-order valence-corrected chi connectivity index (χ1v) is 6.54. The van der Waals surface area contributed by atoms with Crippen LogP contribution in [0.25, 0.3) is 21.9 Å². The highest BCUT2D eigenvalue weighted by atomic mass is 16.5. The normalized spacial score (nSPS) is 10.7. The van der Waals surface area contributed by atoms with E-state index in [1.54, 1.807) is 19.2 Å². The molecule has 0 aliphatic carbocycles. The van der Waals surface area contributed by atoms with Crippen LogP contribution in [-0.2, 0) is 0 Å². The highest BCUT2D eigenvalue weighted by Gasteiger charge is 2.03. The number of fused-ring (bicyclic) bond motifs is 1.